The van der Waals surface area contributed by atoms with E-state index in [1.54, 1.807) is 0 Å². The highest BCUT2D eigenvalue weighted by Gasteiger charge is 2.52. The molecule has 0 spiro atoms. The third-order valence-electron chi connectivity index (χ3n) is 3.23. The largest absolute Gasteiger partial charge is 0.480 e. The van der Waals surface area contributed by atoms with Crippen LogP contribution in [0.3, 0.4) is 0 Å². The first kappa shape index (κ1) is 11.6. The summed E-state index contributed by atoms with van der Waals surface area (Å²) >= 11 is 0. The lowest BCUT2D eigenvalue weighted by atomic mass is 9.90. The van der Waals surface area contributed by atoms with Crippen molar-refractivity contribution < 1.29 is 23.1 Å². The molecule has 2 aliphatic heterocycles. The Labute approximate surface area is 93.8 Å². The summed E-state index contributed by atoms with van der Waals surface area (Å²) in [7, 11) is -1.92. The van der Waals surface area contributed by atoms with E-state index < -0.39 is 27.8 Å². The Bertz CT molecular complexity index is 422. The number of hydrogen-bond donors (Lipinski definition) is 1. The van der Waals surface area contributed by atoms with Crippen LogP contribution in [0.15, 0.2) is 0 Å². The predicted molar refractivity (Wildman–Crippen MR) is 56.3 cm³/mol. The zero-order valence-corrected chi connectivity index (χ0v) is 9.26. The zero-order chi connectivity index (χ0) is 11.9. The van der Waals surface area contributed by atoms with E-state index in [9.17, 15) is 18.0 Å². The number of nitrogens with zero attached hydrogens (tertiary/aromatic N) is 1. The van der Waals surface area contributed by atoms with E-state index in [0.29, 0.717) is 12.7 Å². The summed E-state index contributed by atoms with van der Waals surface area (Å²) in [6.07, 6.45) is 0.533. The summed E-state index contributed by atoms with van der Waals surface area (Å²) in [5.41, 5.74) is 0. The van der Waals surface area contributed by atoms with Gasteiger partial charge < -0.3 is 14.7 Å². The first-order chi connectivity index (χ1) is 7.44. The molecule has 87 valence electrons. The Hall–Kier alpha value is -0.885. The maximum atomic E-state index is 11.4. The van der Waals surface area contributed by atoms with Crippen molar-refractivity contribution in [1.82, 2.24) is 4.81 Å². The van der Waals surface area contributed by atoms with Gasteiger partial charge in [-0.05, 0) is 12.5 Å². The second-order valence-electron chi connectivity index (χ2n) is 4.27. The Morgan fingerprint density at radius 3 is 2.69 bits per heavy atom. The van der Waals surface area contributed by atoms with Crippen LogP contribution in [-0.2, 0) is 19.4 Å². The molecule has 0 aliphatic carbocycles. The van der Waals surface area contributed by atoms with Gasteiger partial charge in [0.15, 0.2) is 9.84 Å². The number of fused-ring (bicyclic) bond motifs is 1. The second-order valence-corrected chi connectivity index (χ2v) is 6.42. The van der Waals surface area contributed by atoms with Gasteiger partial charge in [0, 0.05) is 5.92 Å². The third kappa shape index (κ3) is 1.87. The molecule has 2 rings (SSSR count). The quantitative estimate of drug-likeness (QED) is 0.466. The number of rotatable bonds is 3. The molecule has 0 aromatic carbocycles. The highest BCUT2D eigenvalue weighted by molar-refractivity contribution is 7.91. The number of aliphatic carboxylic acids is 1. The van der Waals surface area contributed by atoms with Crippen LogP contribution in [0, 0.1) is 11.8 Å². The van der Waals surface area contributed by atoms with E-state index in [1.165, 1.54) is 12.2 Å². The first-order valence-electron chi connectivity index (χ1n) is 4.92. The van der Waals surface area contributed by atoms with Crippen LogP contribution in [0.4, 0.5) is 0 Å². The minimum atomic E-state index is -3.10. The van der Waals surface area contributed by atoms with E-state index in [-0.39, 0.29) is 17.4 Å². The average molecular weight is 244 g/mol. The van der Waals surface area contributed by atoms with Crippen molar-refractivity contribution >= 4 is 29.4 Å². The van der Waals surface area contributed by atoms with Gasteiger partial charge in [0.25, 0.3) is 7.41 Å². The maximum Gasteiger partial charge on any atom is 0.320 e. The lowest BCUT2D eigenvalue weighted by molar-refractivity contribution is -0.141. The van der Waals surface area contributed by atoms with E-state index in [2.05, 4.69) is 0 Å². The minimum Gasteiger partial charge on any atom is -0.480 e. The predicted octanol–water partition coefficient (Wildman–Crippen LogP) is -1.77. The lowest BCUT2D eigenvalue weighted by Crippen LogP contribution is -2.43. The van der Waals surface area contributed by atoms with Crippen LogP contribution in [-0.4, -0.2) is 62.0 Å². The highest BCUT2D eigenvalue weighted by atomic mass is 32.2. The van der Waals surface area contributed by atoms with Crippen LogP contribution < -0.4 is 0 Å². The van der Waals surface area contributed by atoms with Crippen LogP contribution in [0.1, 0.15) is 0 Å². The van der Waals surface area contributed by atoms with E-state index in [1.807, 2.05) is 0 Å². The molecular weight excluding hydrogens is 233 g/mol. The maximum absolute atomic E-state index is 11.4. The molecule has 0 bridgehead atoms. The van der Waals surface area contributed by atoms with Gasteiger partial charge in [-0.15, -0.1) is 0 Å². The Balaban J connectivity index is 2.23. The summed E-state index contributed by atoms with van der Waals surface area (Å²) in [4.78, 5) is 22.9. The van der Waals surface area contributed by atoms with Gasteiger partial charge in [-0.3, -0.25) is 4.79 Å². The van der Waals surface area contributed by atoms with Gasteiger partial charge in [-0.2, -0.15) is 0 Å². The smallest absolute Gasteiger partial charge is 0.320 e. The molecule has 1 radical (unpaired) electrons. The number of carboxylic acid groups (broad SMARTS) is 1. The van der Waals surface area contributed by atoms with Crippen LogP contribution in [0.5, 0.6) is 0 Å². The Morgan fingerprint density at radius 2 is 2.12 bits per heavy atom. The number of hydrogen-bond acceptors (Lipinski definition) is 5. The van der Waals surface area contributed by atoms with Gasteiger partial charge in [-0.25, -0.2) is 8.42 Å². The van der Waals surface area contributed by atoms with Gasteiger partial charge in [0.2, 0.25) is 0 Å². The number of carbonyl (C=O) groups is 2. The van der Waals surface area contributed by atoms with Crippen molar-refractivity contribution in [2.75, 3.05) is 18.1 Å². The number of carbonyl (C=O) groups excluding carboxylic acids is 1. The van der Waals surface area contributed by atoms with Crippen LogP contribution >= 0.6 is 0 Å². The van der Waals surface area contributed by atoms with Crippen LogP contribution in [0.25, 0.3) is 0 Å². The molecule has 16 heavy (non-hydrogen) atoms. The molecule has 0 unspecified atom stereocenters. The van der Waals surface area contributed by atoms with Gasteiger partial charge in [-0.1, -0.05) is 0 Å². The summed E-state index contributed by atoms with van der Waals surface area (Å²) in [5.74, 6) is -1.67. The van der Waals surface area contributed by atoms with Crippen molar-refractivity contribution in [3.8, 4) is 0 Å². The molecule has 0 saturated carbocycles. The molecule has 1 N–H and O–H groups in total. The van der Waals surface area contributed by atoms with Crippen molar-refractivity contribution in [2.24, 2.45) is 11.8 Å². The van der Waals surface area contributed by atoms with Crippen molar-refractivity contribution in [3.63, 3.8) is 0 Å². The molecule has 3 atom stereocenters. The SMILES string of the molecule is O=C[B]N1C[C@@H]2CS(=O)(=O)C[C@@H]2[C@H]1C(=O)O. The number of carboxylic acids is 1. The van der Waals surface area contributed by atoms with Crippen molar-refractivity contribution in [1.29, 1.82) is 0 Å². The third-order valence-corrected chi connectivity index (χ3v) is 5.06. The Morgan fingerprint density at radius 1 is 1.44 bits per heavy atom. The van der Waals surface area contributed by atoms with Crippen LogP contribution in [0.2, 0.25) is 0 Å². The van der Waals surface area contributed by atoms with E-state index >= 15 is 0 Å². The summed E-state index contributed by atoms with van der Waals surface area (Å²) in [6, 6.07) is -0.882. The summed E-state index contributed by atoms with van der Waals surface area (Å²) in [6.45, 7) is 0.333. The van der Waals surface area contributed by atoms with E-state index in [0.717, 1.165) is 0 Å². The summed E-state index contributed by atoms with van der Waals surface area (Å²) < 4.78 is 22.8. The molecular formula is C8H11BNO5S. The van der Waals surface area contributed by atoms with Gasteiger partial charge in [0.1, 0.15) is 6.04 Å². The number of sulfone groups is 1. The molecule has 0 amide bonds. The molecule has 2 fully saturated rings. The molecule has 2 saturated heterocycles. The second kappa shape index (κ2) is 3.85. The average Bonchev–Trinajstić information content (AvgIpc) is 2.55. The highest BCUT2D eigenvalue weighted by Crippen LogP contribution is 2.37. The fourth-order valence-corrected chi connectivity index (χ4v) is 4.85. The summed E-state index contributed by atoms with van der Waals surface area (Å²) in [5, 5.41) is 9.06. The monoisotopic (exact) mass is 244 g/mol. The van der Waals surface area contributed by atoms with Crippen molar-refractivity contribution in [3.05, 3.63) is 0 Å². The molecule has 2 heterocycles. The standard InChI is InChI=1S/C8H11BNO5S/c11-4-9-10-1-5-2-16(14,15)3-6(5)7(10)8(12)13/h4-7H,1-3H2,(H,12,13)/t5-,6+,7+/m1/s1. The first-order valence-corrected chi connectivity index (χ1v) is 6.74. The van der Waals surface area contributed by atoms with Crippen molar-refractivity contribution in [2.45, 2.75) is 6.04 Å². The normalized spacial score (nSPS) is 36.9. The Kier molecular flexibility index (Phi) is 2.79. The fraction of sp³-hybridized carbons (Fsp3) is 0.750. The fourth-order valence-electron chi connectivity index (χ4n) is 2.67. The lowest BCUT2D eigenvalue weighted by Gasteiger charge is -2.21. The van der Waals surface area contributed by atoms with E-state index in [4.69, 9.17) is 5.11 Å². The van der Waals surface area contributed by atoms with Gasteiger partial charge >= 0.3 is 5.97 Å². The molecule has 0 aromatic heterocycles. The molecule has 6 nitrogen and oxygen atoms in total. The minimum absolute atomic E-state index is 0.0324. The topological polar surface area (TPSA) is 91.8 Å². The molecule has 0 aromatic rings. The van der Waals surface area contributed by atoms with Gasteiger partial charge in [0.05, 0.1) is 17.7 Å². The molecule has 2 aliphatic rings. The molecule has 8 heteroatoms. The zero-order valence-electron chi connectivity index (χ0n) is 8.44.